The number of aliphatic hydroxyl groups excluding tert-OH is 2. The molecule has 1 amide bonds. The Bertz CT molecular complexity index is 504. The predicted octanol–water partition coefficient (Wildman–Crippen LogP) is 5.79. The van der Waals surface area contributed by atoms with Crippen LogP contribution in [0, 0.1) is 0 Å². The first kappa shape index (κ1) is 34.8. The summed E-state index contributed by atoms with van der Waals surface area (Å²) in [5.41, 5.74) is 5.26. The number of unbranched alkanes of at least 4 members (excludes halogenated alkanes) is 14. The summed E-state index contributed by atoms with van der Waals surface area (Å²) in [5, 5.41) is 31.1. The first-order chi connectivity index (χ1) is 17.3. The number of carboxylic acid groups (broad SMARTS) is 1. The number of carbonyl (C=O) groups is 2. The molecule has 0 aliphatic rings. The molecule has 0 bridgehead atoms. The van der Waals surface area contributed by atoms with Crippen molar-refractivity contribution in [3.63, 3.8) is 0 Å². The Morgan fingerprint density at radius 3 is 1.33 bits per heavy atom. The highest BCUT2D eigenvalue weighted by Crippen LogP contribution is 2.16. The van der Waals surface area contributed by atoms with Gasteiger partial charge in [0, 0.05) is 19.5 Å². The van der Waals surface area contributed by atoms with Crippen LogP contribution in [-0.4, -0.2) is 63.4 Å². The third kappa shape index (κ3) is 21.0. The van der Waals surface area contributed by atoms with Gasteiger partial charge >= 0.3 is 5.97 Å². The molecule has 0 spiro atoms. The second-order valence-electron chi connectivity index (χ2n) is 10.6. The van der Waals surface area contributed by atoms with Crippen molar-refractivity contribution >= 4 is 11.9 Å². The number of carbonyl (C=O) groups excluding carboxylic acids is 1. The smallest absolute Gasteiger partial charge is 0.320 e. The van der Waals surface area contributed by atoms with Crippen molar-refractivity contribution in [1.29, 1.82) is 0 Å². The molecule has 36 heavy (non-hydrogen) atoms. The third-order valence-electron chi connectivity index (χ3n) is 7.06. The third-order valence-corrected chi connectivity index (χ3v) is 7.06. The lowest BCUT2D eigenvalue weighted by molar-refractivity contribution is -0.145. The van der Waals surface area contributed by atoms with E-state index in [9.17, 15) is 24.9 Å². The molecule has 7 nitrogen and oxygen atoms in total. The van der Waals surface area contributed by atoms with Crippen molar-refractivity contribution in [3.8, 4) is 0 Å². The molecular weight excluding hydrogens is 456 g/mol. The fourth-order valence-electron chi connectivity index (χ4n) is 4.82. The molecule has 0 saturated heterocycles. The van der Waals surface area contributed by atoms with Gasteiger partial charge < -0.3 is 21.1 Å². The minimum Gasteiger partial charge on any atom is -0.480 e. The number of nitrogens with two attached hydrogens (primary N) is 1. The minimum absolute atomic E-state index is 0.0320. The Balaban J connectivity index is 4.59. The van der Waals surface area contributed by atoms with Gasteiger partial charge in [-0.1, -0.05) is 117 Å². The molecule has 0 aromatic rings. The molecule has 3 atom stereocenters. The van der Waals surface area contributed by atoms with E-state index in [4.69, 9.17) is 5.73 Å². The molecule has 7 heteroatoms. The summed E-state index contributed by atoms with van der Waals surface area (Å²) in [4.78, 5) is 24.9. The highest BCUT2D eigenvalue weighted by Gasteiger charge is 2.29. The molecule has 5 N–H and O–H groups in total. The monoisotopic (exact) mass is 514 g/mol. The number of hydrogen-bond acceptors (Lipinski definition) is 5. The number of amides is 1. The number of aliphatic hydroxyl groups is 2. The molecular formula is C29H58N2O5. The van der Waals surface area contributed by atoms with Gasteiger partial charge in [-0.05, 0) is 19.3 Å². The maximum absolute atomic E-state index is 12.0. The first-order valence-electron chi connectivity index (χ1n) is 14.9. The van der Waals surface area contributed by atoms with Crippen LogP contribution >= 0.6 is 0 Å². The number of rotatable bonds is 27. The summed E-state index contributed by atoms with van der Waals surface area (Å²) in [6.45, 7) is 4.79. The normalized spacial score (nSPS) is 14.1. The second-order valence-corrected chi connectivity index (χ2v) is 10.6. The number of carboxylic acids is 1. The van der Waals surface area contributed by atoms with E-state index in [2.05, 4.69) is 13.8 Å². The summed E-state index contributed by atoms with van der Waals surface area (Å²) >= 11 is 0. The van der Waals surface area contributed by atoms with E-state index in [0.29, 0.717) is 12.8 Å². The number of hydrogen-bond donors (Lipinski definition) is 4. The lowest BCUT2D eigenvalue weighted by atomic mass is 10.0. The Morgan fingerprint density at radius 1 is 0.639 bits per heavy atom. The van der Waals surface area contributed by atoms with Crippen LogP contribution in [0.15, 0.2) is 0 Å². The molecule has 3 unspecified atom stereocenters. The molecule has 0 aliphatic carbocycles. The lowest BCUT2D eigenvalue weighted by Crippen LogP contribution is -2.48. The Morgan fingerprint density at radius 2 is 1.00 bits per heavy atom. The zero-order valence-corrected chi connectivity index (χ0v) is 23.5. The quantitative estimate of drug-likeness (QED) is 0.103. The van der Waals surface area contributed by atoms with Crippen molar-refractivity contribution < 1.29 is 24.9 Å². The topological polar surface area (TPSA) is 124 Å². The van der Waals surface area contributed by atoms with Gasteiger partial charge in [-0.3, -0.25) is 14.5 Å². The molecule has 0 radical (unpaired) electrons. The second kappa shape index (κ2) is 24.2. The average molecular weight is 515 g/mol. The van der Waals surface area contributed by atoms with E-state index in [-0.39, 0.29) is 25.9 Å². The summed E-state index contributed by atoms with van der Waals surface area (Å²) < 4.78 is 0. The molecule has 0 rings (SSSR count). The van der Waals surface area contributed by atoms with Crippen molar-refractivity contribution in [2.75, 3.05) is 13.1 Å². The van der Waals surface area contributed by atoms with Crippen LogP contribution < -0.4 is 5.73 Å². The average Bonchev–Trinajstić information content (AvgIpc) is 2.82. The molecule has 0 fully saturated rings. The van der Waals surface area contributed by atoms with E-state index < -0.39 is 30.1 Å². The van der Waals surface area contributed by atoms with E-state index in [0.717, 1.165) is 38.5 Å². The van der Waals surface area contributed by atoms with E-state index in [1.165, 1.54) is 64.2 Å². The maximum Gasteiger partial charge on any atom is 0.320 e. The Kier molecular flexibility index (Phi) is 23.4. The molecule has 0 aromatic heterocycles. The predicted molar refractivity (Wildman–Crippen MR) is 148 cm³/mol. The standard InChI is InChI=1S/C29H58N2O5/c1-3-5-7-9-11-13-15-17-19-25(32)23-31(27(29(35)36)21-22-28(30)34)24-26(33)20-18-16-14-12-10-8-6-4-2/h25-27,32-33H,3-24H2,1-2H3,(H2,30,34)(H,35,36). The Hall–Kier alpha value is -1.18. The summed E-state index contributed by atoms with van der Waals surface area (Å²) in [5.74, 6) is -1.59. The van der Waals surface area contributed by atoms with Crippen LogP contribution in [0.2, 0.25) is 0 Å². The van der Waals surface area contributed by atoms with Crippen molar-refractivity contribution in [1.82, 2.24) is 4.90 Å². The molecule has 0 aromatic carbocycles. The van der Waals surface area contributed by atoms with E-state index >= 15 is 0 Å². The van der Waals surface area contributed by atoms with Crippen LogP contribution in [0.25, 0.3) is 0 Å². The number of aliphatic carboxylic acids is 1. The van der Waals surface area contributed by atoms with Gasteiger partial charge in [-0.2, -0.15) is 0 Å². The van der Waals surface area contributed by atoms with Crippen molar-refractivity contribution in [2.45, 2.75) is 161 Å². The van der Waals surface area contributed by atoms with Gasteiger partial charge in [0.25, 0.3) is 0 Å². The van der Waals surface area contributed by atoms with E-state index in [1.54, 1.807) is 4.90 Å². The SMILES string of the molecule is CCCCCCCCCCC(O)CN(CC(O)CCCCCCCCCC)C(CCC(N)=O)C(=O)O. The van der Waals surface area contributed by atoms with E-state index in [1.807, 2.05) is 0 Å². The van der Waals surface area contributed by atoms with Gasteiger partial charge in [-0.25, -0.2) is 0 Å². The first-order valence-corrected chi connectivity index (χ1v) is 14.9. The van der Waals surface area contributed by atoms with Crippen LogP contribution in [0.5, 0.6) is 0 Å². The van der Waals surface area contributed by atoms with Crippen molar-refractivity contribution in [2.24, 2.45) is 5.73 Å². The van der Waals surface area contributed by atoms with Crippen LogP contribution in [0.3, 0.4) is 0 Å². The van der Waals surface area contributed by atoms with Gasteiger partial charge in [-0.15, -0.1) is 0 Å². The zero-order chi connectivity index (χ0) is 27.0. The fourth-order valence-corrected chi connectivity index (χ4v) is 4.82. The maximum atomic E-state index is 12.0. The molecule has 0 heterocycles. The van der Waals surface area contributed by atoms with Gasteiger partial charge in [0.2, 0.25) is 5.91 Å². The minimum atomic E-state index is -1.05. The number of primary amides is 1. The van der Waals surface area contributed by atoms with Crippen molar-refractivity contribution in [3.05, 3.63) is 0 Å². The number of nitrogens with zero attached hydrogens (tertiary/aromatic N) is 1. The fraction of sp³-hybridized carbons (Fsp3) is 0.931. The lowest BCUT2D eigenvalue weighted by Gasteiger charge is -2.32. The van der Waals surface area contributed by atoms with Crippen LogP contribution in [0.4, 0.5) is 0 Å². The zero-order valence-electron chi connectivity index (χ0n) is 23.5. The Labute approximate surface area is 221 Å². The largest absolute Gasteiger partial charge is 0.480 e. The molecule has 214 valence electrons. The summed E-state index contributed by atoms with van der Waals surface area (Å²) in [7, 11) is 0. The summed E-state index contributed by atoms with van der Waals surface area (Å²) in [6.07, 6.45) is 18.8. The van der Waals surface area contributed by atoms with Gasteiger partial charge in [0.05, 0.1) is 12.2 Å². The highest BCUT2D eigenvalue weighted by molar-refractivity contribution is 5.77. The highest BCUT2D eigenvalue weighted by atomic mass is 16.4. The molecule has 0 aliphatic heterocycles. The van der Waals surface area contributed by atoms with Crippen LogP contribution in [-0.2, 0) is 9.59 Å². The van der Waals surface area contributed by atoms with Crippen LogP contribution in [0.1, 0.15) is 142 Å². The van der Waals surface area contributed by atoms with Gasteiger partial charge in [0.1, 0.15) is 6.04 Å². The summed E-state index contributed by atoms with van der Waals surface area (Å²) in [6, 6.07) is -0.945. The molecule has 0 saturated carbocycles. The van der Waals surface area contributed by atoms with Gasteiger partial charge in [0.15, 0.2) is 0 Å².